The molecule has 108 valence electrons. The number of esters is 1. The van der Waals surface area contributed by atoms with Crippen molar-refractivity contribution in [2.24, 2.45) is 0 Å². The molecular weight excluding hydrogens is 304 g/mol. The van der Waals surface area contributed by atoms with E-state index in [1.54, 1.807) is 7.11 Å². The SMILES string of the molecule is COCO[C@H](CCCCO)C[C@@H](C)OC(=O)CBr. The van der Waals surface area contributed by atoms with E-state index in [1.165, 1.54) is 0 Å². The van der Waals surface area contributed by atoms with Gasteiger partial charge >= 0.3 is 5.97 Å². The van der Waals surface area contributed by atoms with Crippen LogP contribution in [0.3, 0.4) is 0 Å². The molecule has 0 bridgehead atoms. The van der Waals surface area contributed by atoms with E-state index in [0.29, 0.717) is 6.42 Å². The summed E-state index contributed by atoms with van der Waals surface area (Å²) in [7, 11) is 1.57. The van der Waals surface area contributed by atoms with Crippen LogP contribution in [0.25, 0.3) is 0 Å². The standard InChI is InChI=1S/C12H23BrO5/c1-10(18-12(15)8-13)7-11(17-9-16-2)5-3-4-6-14/h10-11,14H,3-9H2,1-2H3/t10-,11-/m1/s1. The van der Waals surface area contributed by atoms with Crippen LogP contribution in [0, 0.1) is 0 Å². The van der Waals surface area contributed by atoms with E-state index in [-0.39, 0.29) is 36.9 Å². The van der Waals surface area contributed by atoms with Crippen LogP contribution in [-0.2, 0) is 19.0 Å². The molecule has 0 aliphatic carbocycles. The monoisotopic (exact) mass is 326 g/mol. The van der Waals surface area contributed by atoms with Gasteiger partial charge in [-0.15, -0.1) is 0 Å². The van der Waals surface area contributed by atoms with Gasteiger partial charge in [0.1, 0.15) is 18.2 Å². The molecule has 0 saturated carbocycles. The second kappa shape index (κ2) is 11.9. The molecule has 0 spiro atoms. The number of alkyl halides is 1. The third-order valence-electron chi connectivity index (χ3n) is 2.39. The maximum Gasteiger partial charge on any atom is 0.316 e. The number of methoxy groups -OCH3 is 1. The van der Waals surface area contributed by atoms with Crippen molar-refractivity contribution >= 4 is 21.9 Å². The van der Waals surface area contributed by atoms with E-state index in [2.05, 4.69) is 15.9 Å². The quantitative estimate of drug-likeness (QED) is 0.272. The maximum atomic E-state index is 11.1. The zero-order chi connectivity index (χ0) is 13.8. The van der Waals surface area contributed by atoms with E-state index in [9.17, 15) is 4.79 Å². The van der Waals surface area contributed by atoms with Crippen molar-refractivity contribution in [1.82, 2.24) is 0 Å². The number of ether oxygens (including phenoxy) is 3. The molecule has 1 N–H and O–H groups in total. The van der Waals surface area contributed by atoms with Crippen molar-refractivity contribution in [3.8, 4) is 0 Å². The summed E-state index contributed by atoms with van der Waals surface area (Å²) in [4.78, 5) is 11.1. The van der Waals surface area contributed by atoms with Crippen molar-refractivity contribution in [2.75, 3.05) is 25.8 Å². The van der Waals surface area contributed by atoms with Gasteiger partial charge in [0.05, 0.1) is 6.10 Å². The number of carbonyl (C=O) groups excluding carboxylic acids is 1. The Morgan fingerprint density at radius 3 is 2.67 bits per heavy atom. The van der Waals surface area contributed by atoms with Crippen LogP contribution < -0.4 is 0 Å². The molecule has 0 aromatic carbocycles. The molecule has 0 heterocycles. The first-order chi connectivity index (χ1) is 8.63. The van der Waals surface area contributed by atoms with Crippen molar-refractivity contribution in [3.63, 3.8) is 0 Å². The molecule has 0 aliphatic heterocycles. The van der Waals surface area contributed by atoms with Crippen LogP contribution in [0.2, 0.25) is 0 Å². The second-order valence-electron chi connectivity index (χ2n) is 4.08. The lowest BCUT2D eigenvalue weighted by Crippen LogP contribution is -2.24. The summed E-state index contributed by atoms with van der Waals surface area (Å²) in [5.74, 6) is -0.275. The molecule has 5 nitrogen and oxygen atoms in total. The van der Waals surface area contributed by atoms with Gasteiger partial charge < -0.3 is 19.3 Å². The number of carbonyl (C=O) groups is 1. The summed E-state index contributed by atoms with van der Waals surface area (Å²) in [6, 6.07) is 0. The zero-order valence-corrected chi connectivity index (χ0v) is 12.6. The van der Waals surface area contributed by atoms with Gasteiger partial charge in [-0.25, -0.2) is 0 Å². The third-order valence-corrected chi connectivity index (χ3v) is 2.85. The molecule has 0 rings (SSSR count). The fourth-order valence-corrected chi connectivity index (χ4v) is 1.72. The maximum absolute atomic E-state index is 11.1. The molecule has 0 amide bonds. The highest BCUT2D eigenvalue weighted by Crippen LogP contribution is 2.13. The summed E-state index contributed by atoms with van der Waals surface area (Å²) in [5.41, 5.74) is 0. The highest BCUT2D eigenvalue weighted by Gasteiger charge is 2.16. The van der Waals surface area contributed by atoms with Gasteiger partial charge in [0.2, 0.25) is 0 Å². The molecule has 18 heavy (non-hydrogen) atoms. The number of unbranched alkanes of at least 4 members (excludes halogenated alkanes) is 1. The van der Waals surface area contributed by atoms with E-state index in [4.69, 9.17) is 19.3 Å². The fraction of sp³-hybridized carbons (Fsp3) is 0.917. The Morgan fingerprint density at radius 1 is 1.39 bits per heavy atom. The first kappa shape index (κ1) is 17.8. The van der Waals surface area contributed by atoms with Gasteiger partial charge in [0.15, 0.2) is 0 Å². The highest BCUT2D eigenvalue weighted by atomic mass is 79.9. The van der Waals surface area contributed by atoms with Crippen LogP contribution in [0.1, 0.15) is 32.6 Å². The lowest BCUT2D eigenvalue weighted by Gasteiger charge is -2.21. The second-order valence-corrected chi connectivity index (χ2v) is 4.65. The average Bonchev–Trinajstić information content (AvgIpc) is 2.35. The van der Waals surface area contributed by atoms with Crippen molar-refractivity contribution < 1.29 is 24.1 Å². The van der Waals surface area contributed by atoms with E-state index in [0.717, 1.165) is 19.3 Å². The Balaban J connectivity index is 3.99. The third kappa shape index (κ3) is 9.82. The summed E-state index contributed by atoms with van der Waals surface area (Å²) in [6.45, 7) is 2.25. The Morgan fingerprint density at radius 2 is 2.11 bits per heavy atom. The fourth-order valence-electron chi connectivity index (χ4n) is 1.59. The highest BCUT2D eigenvalue weighted by molar-refractivity contribution is 9.09. The smallest absolute Gasteiger partial charge is 0.316 e. The molecule has 2 atom stereocenters. The Hall–Kier alpha value is -0.170. The molecular formula is C12H23BrO5. The van der Waals surface area contributed by atoms with Crippen molar-refractivity contribution in [3.05, 3.63) is 0 Å². The number of rotatable bonds is 11. The predicted octanol–water partition coefficient (Wildman–Crippen LogP) is 1.85. The minimum Gasteiger partial charge on any atom is -0.462 e. The van der Waals surface area contributed by atoms with E-state index in [1.807, 2.05) is 6.92 Å². The number of hydrogen-bond donors (Lipinski definition) is 1. The van der Waals surface area contributed by atoms with Gasteiger partial charge in [-0.05, 0) is 26.2 Å². The average molecular weight is 327 g/mol. The number of aliphatic hydroxyl groups excluding tert-OH is 1. The normalized spacial score (nSPS) is 14.2. The molecule has 0 aromatic rings. The topological polar surface area (TPSA) is 65.0 Å². The summed E-state index contributed by atoms with van der Waals surface area (Å²) < 4.78 is 15.6. The van der Waals surface area contributed by atoms with E-state index < -0.39 is 0 Å². The number of aliphatic hydroxyl groups is 1. The minimum absolute atomic E-state index is 0.0189. The largest absolute Gasteiger partial charge is 0.462 e. The summed E-state index contributed by atoms with van der Waals surface area (Å²) >= 11 is 3.05. The minimum atomic E-state index is -0.275. The lowest BCUT2D eigenvalue weighted by molar-refractivity contribution is -0.148. The Kier molecular flexibility index (Phi) is 11.8. The van der Waals surface area contributed by atoms with Gasteiger partial charge in [0.25, 0.3) is 0 Å². The summed E-state index contributed by atoms with van der Waals surface area (Å²) in [5, 5.41) is 8.95. The predicted molar refractivity (Wildman–Crippen MR) is 71.7 cm³/mol. The Labute approximate surface area is 117 Å². The molecule has 0 aromatic heterocycles. The first-order valence-corrected chi connectivity index (χ1v) is 7.23. The van der Waals surface area contributed by atoms with Crippen LogP contribution in [0.5, 0.6) is 0 Å². The van der Waals surface area contributed by atoms with Gasteiger partial charge in [-0.1, -0.05) is 15.9 Å². The molecule has 0 saturated heterocycles. The zero-order valence-electron chi connectivity index (χ0n) is 11.1. The van der Waals surface area contributed by atoms with Crippen LogP contribution in [0.15, 0.2) is 0 Å². The van der Waals surface area contributed by atoms with Crippen molar-refractivity contribution in [1.29, 1.82) is 0 Å². The van der Waals surface area contributed by atoms with E-state index >= 15 is 0 Å². The molecule has 0 aliphatic rings. The molecule has 0 unspecified atom stereocenters. The molecule has 0 fully saturated rings. The van der Waals surface area contributed by atoms with Gasteiger partial charge in [-0.3, -0.25) is 4.79 Å². The first-order valence-electron chi connectivity index (χ1n) is 6.10. The molecule has 6 heteroatoms. The van der Waals surface area contributed by atoms with Crippen LogP contribution >= 0.6 is 15.9 Å². The van der Waals surface area contributed by atoms with Crippen LogP contribution in [-0.4, -0.2) is 49.1 Å². The van der Waals surface area contributed by atoms with Gasteiger partial charge in [-0.2, -0.15) is 0 Å². The number of hydrogen-bond acceptors (Lipinski definition) is 5. The lowest BCUT2D eigenvalue weighted by atomic mass is 10.1. The molecule has 0 radical (unpaired) electrons. The number of halogens is 1. The Bertz CT molecular complexity index is 213. The van der Waals surface area contributed by atoms with Crippen molar-refractivity contribution in [2.45, 2.75) is 44.8 Å². The van der Waals surface area contributed by atoms with Crippen LogP contribution in [0.4, 0.5) is 0 Å². The summed E-state index contributed by atoms with van der Waals surface area (Å²) in [6.07, 6.45) is 2.88. The van der Waals surface area contributed by atoms with Gasteiger partial charge in [0, 0.05) is 20.1 Å².